The highest BCUT2D eigenvalue weighted by Crippen LogP contribution is 2.33. The van der Waals surface area contributed by atoms with Crippen LogP contribution in [0.25, 0.3) is 22.6 Å². The van der Waals surface area contributed by atoms with Crippen LogP contribution in [0, 0.1) is 0 Å². The van der Waals surface area contributed by atoms with Gasteiger partial charge in [-0.2, -0.15) is 0 Å². The van der Waals surface area contributed by atoms with Gasteiger partial charge in [-0.05, 0) is 24.6 Å². The molecule has 3 aromatic heterocycles. The molecule has 0 atom stereocenters. The van der Waals surface area contributed by atoms with Crippen LogP contribution in [0.15, 0.2) is 18.2 Å². The molecule has 0 saturated carbocycles. The Morgan fingerprint density at radius 1 is 1.28 bits per heavy atom. The average Bonchev–Trinajstić information content (AvgIpc) is 2.91. The van der Waals surface area contributed by atoms with Gasteiger partial charge in [0, 0.05) is 4.88 Å². The molecule has 6 heteroatoms. The second-order valence-electron chi connectivity index (χ2n) is 4.04. The lowest BCUT2D eigenvalue weighted by molar-refractivity contribution is 1.18. The molecule has 3 heterocycles. The zero-order valence-electron chi connectivity index (χ0n) is 9.90. The van der Waals surface area contributed by atoms with E-state index in [1.807, 2.05) is 6.07 Å². The predicted octanol–water partition coefficient (Wildman–Crippen LogP) is 2.41. The molecule has 5 nitrogen and oxygen atoms in total. The van der Waals surface area contributed by atoms with E-state index < -0.39 is 0 Å². The number of pyridine rings is 1. The molecular formula is C12H13N5S. The maximum atomic E-state index is 6.01. The molecule has 0 aromatic carbocycles. The van der Waals surface area contributed by atoms with Crippen molar-refractivity contribution in [2.75, 3.05) is 11.5 Å². The van der Waals surface area contributed by atoms with E-state index in [2.05, 4.69) is 27.9 Å². The minimum Gasteiger partial charge on any atom is -0.390 e. The number of thiophene rings is 1. The molecule has 0 aliphatic heterocycles. The fraction of sp³-hybridized carbons (Fsp3) is 0.167. The maximum Gasteiger partial charge on any atom is 0.180 e. The van der Waals surface area contributed by atoms with Gasteiger partial charge >= 0.3 is 0 Å². The Labute approximate surface area is 108 Å². The highest BCUT2D eigenvalue weighted by molar-refractivity contribution is 7.16. The van der Waals surface area contributed by atoms with Gasteiger partial charge in [0.2, 0.25) is 0 Å². The standard InChI is InChI=1S/C12H13N5S/c1-2-6-5-7(10(14)18-6)11-15-8-3-4-9(13)16-12(8)17-11/h3-5H,2,14H2,1H3,(H3,13,15,16,17). The lowest BCUT2D eigenvalue weighted by Gasteiger charge is -1.91. The SMILES string of the molecule is CCc1cc(-c2nc3nc(N)ccc3[nH]2)c(N)s1. The van der Waals surface area contributed by atoms with Crippen LogP contribution in [-0.4, -0.2) is 15.0 Å². The van der Waals surface area contributed by atoms with Gasteiger partial charge in [0.1, 0.15) is 11.6 Å². The van der Waals surface area contributed by atoms with Crippen LogP contribution in [0.1, 0.15) is 11.8 Å². The summed E-state index contributed by atoms with van der Waals surface area (Å²) < 4.78 is 0. The second kappa shape index (κ2) is 3.99. The van der Waals surface area contributed by atoms with Gasteiger partial charge in [-0.1, -0.05) is 6.92 Å². The summed E-state index contributed by atoms with van der Waals surface area (Å²) >= 11 is 1.59. The van der Waals surface area contributed by atoms with E-state index >= 15 is 0 Å². The van der Waals surface area contributed by atoms with Crippen LogP contribution in [0.2, 0.25) is 0 Å². The van der Waals surface area contributed by atoms with Gasteiger partial charge in [-0.15, -0.1) is 11.3 Å². The smallest absolute Gasteiger partial charge is 0.180 e. The van der Waals surface area contributed by atoms with E-state index in [0.717, 1.165) is 28.3 Å². The van der Waals surface area contributed by atoms with Crippen molar-refractivity contribution in [3.63, 3.8) is 0 Å². The van der Waals surface area contributed by atoms with Crippen molar-refractivity contribution < 1.29 is 0 Å². The van der Waals surface area contributed by atoms with Crippen LogP contribution < -0.4 is 11.5 Å². The highest BCUT2D eigenvalue weighted by Gasteiger charge is 2.12. The topological polar surface area (TPSA) is 93.6 Å². The number of H-pyrrole nitrogens is 1. The third-order valence-electron chi connectivity index (χ3n) is 2.78. The summed E-state index contributed by atoms with van der Waals surface area (Å²) in [6.45, 7) is 2.11. The number of fused-ring (bicyclic) bond motifs is 1. The zero-order valence-corrected chi connectivity index (χ0v) is 10.7. The Hall–Kier alpha value is -2.08. The molecule has 0 saturated heterocycles. The molecule has 0 unspecified atom stereocenters. The number of nitrogens with zero attached hydrogens (tertiary/aromatic N) is 2. The van der Waals surface area contributed by atoms with E-state index in [9.17, 15) is 0 Å². The fourth-order valence-corrected chi connectivity index (χ4v) is 2.72. The minimum atomic E-state index is 0.466. The number of imidazole rings is 1. The highest BCUT2D eigenvalue weighted by atomic mass is 32.1. The summed E-state index contributed by atoms with van der Waals surface area (Å²) in [5.41, 5.74) is 14.1. The quantitative estimate of drug-likeness (QED) is 0.658. The van der Waals surface area contributed by atoms with Crippen LogP contribution in [0.4, 0.5) is 10.8 Å². The molecule has 0 aliphatic carbocycles. The first-order valence-electron chi connectivity index (χ1n) is 5.68. The summed E-state index contributed by atoms with van der Waals surface area (Å²) in [6.07, 6.45) is 0.973. The monoisotopic (exact) mass is 259 g/mol. The molecule has 3 aromatic rings. The lowest BCUT2D eigenvalue weighted by Crippen LogP contribution is -1.88. The lowest BCUT2D eigenvalue weighted by atomic mass is 10.2. The van der Waals surface area contributed by atoms with Crippen molar-refractivity contribution in [3.8, 4) is 11.4 Å². The van der Waals surface area contributed by atoms with Crippen molar-refractivity contribution >= 4 is 33.3 Å². The first kappa shape index (κ1) is 11.0. The van der Waals surface area contributed by atoms with Crippen LogP contribution in [0.5, 0.6) is 0 Å². The molecule has 3 rings (SSSR count). The van der Waals surface area contributed by atoms with Crippen molar-refractivity contribution in [1.29, 1.82) is 0 Å². The summed E-state index contributed by atoms with van der Waals surface area (Å²) in [4.78, 5) is 13.1. The van der Waals surface area contributed by atoms with E-state index in [0.29, 0.717) is 11.5 Å². The Kier molecular flexibility index (Phi) is 2.45. The van der Waals surface area contributed by atoms with Crippen molar-refractivity contribution in [3.05, 3.63) is 23.1 Å². The Morgan fingerprint density at radius 3 is 2.83 bits per heavy atom. The Bertz CT molecular complexity index is 712. The van der Waals surface area contributed by atoms with Crippen molar-refractivity contribution in [1.82, 2.24) is 15.0 Å². The Morgan fingerprint density at radius 2 is 2.11 bits per heavy atom. The number of anilines is 2. The number of rotatable bonds is 2. The largest absolute Gasteiger partial charge is 0.390 e. The molecule has 0 spiro atoms. The van der Waals surface area contributed by atoms with Gasteiger partial charge in [-0.25, -0.2) is 9.97 Å². The van der Waals surface area contributed by atoms with Gasteiger partial charge in [0.15, 0.2) is 5.65 Å². The third kappa shape index (κ3) is 1.70. The molecule has 18 heavy (non-hydrogen) atoms. The van der Waals surface area contributed by atoms with Gasteiger partial charge < -0.3 is 16.5 Å². The van der Waals surface area contributed by atoms with E-state index in [4.69, 9.17) is 11.5 Å². The third-order valence-corrected chi connectivity index (χ3v) is 3.89. The number of aromatic nitrogens is 3. The molecule has 0 radical (unpaired) electrons. The van der Waals surface area contributed by atoms with Gasteiger partial charge in [0.25, 0.3) is 0 Å². The van der Waals surface area contributed by atoms with E-state index in [-0.39, 0.29) is 0 Å². The second-order valence-corrected chi connectivity index (χ2v) is 5.21. The summed E-state index contributed by atoms with van der Waals surface area (Å²) in [5, 5.41) is 0.777. The molecule has 0 bridgehead atoms. The molecule has 0 aliphatic rings. The minimum absolute atomic E-state index is 0.466. The fourth-order valence-electron chi connectivity index (χ4n) is 1.85. The van der Waals surface area contributed by atoms with Gasteiger partial charge in [-0.3, -0.25) is 0 Å². The van der Waals surface area contributed by atoms with E-state index in [1.165, 1.54) is 4.88 Å². The number of aryl methyl sites for hydroxylation is 1. The predicted molar refractivity (Wildman–Crippen MR) is 75.4 cm³/mol. The van der Waals surface area contributed by atoms with Crippen LogP contribution >= 0.6 is 11.3 Å². The Balaban J connectivity index is 2.15. The summed E-state index contributed by atoms with van der Waals surface area (Å²) in [6, 6.07) is 5.69. The number of hydrogen-bond acceptors (Lipinski definition) is 5. The van der Waals surface area contributed by atoms with Gasteiger partial charge in [0.05, 0.1) is 16.1 Å². The summed E-state index contributed by atoms with van der Waals surface area (Å²) in [7, 11) is 0. The number of hydrogen-bond donors (Lipinski definition) is 3. The summed E-state index contributed by atoms with van der Waals surface area (Å²) in [5.74, 6) is 1.21. The number of aromatic amines is 1. The number of nitrogen functional groups attached to an aromatic ring is 2. The van der Waals surface area contributed by atoms with Crippen molar-refractivity contribution in [2.45, 2.75) is 13.3 Å². The number of nitrogens with two attached hydrogens (primary N) is 2. The molecule has 5 N–H and O–H groups in total. The van der Waals surface area contributed by atoms with E-state index in [1.54, 1.807) is 17.4 Å². The molecular weight excluding hydrogens is 246 g/mol. The van der Waals surface area contributed by atoms with Crippen LogP contribution in [0.3, 0.4) is 0 Å². The number of nitrogens with one attached hydrogen (secondary N) is 1. The molecule has 0 fully saturated rings. The van der Waals surface area contributed by atoms with Crippen molar-refractivity contribution in [2.24, 2.45) is 0 Å². The maximum absolute atomic E-state index is 6.01. The first-order valence-corrected chi connectivity index (χ1v) is 6.50. The molecule has 92 valence electrons. The normalized spacial score (nSPS) is 11.2. The average molecular weight is 259 g/mol. The zero-order chi connectivity index (χ0) is 12.7. The first-order chi connectivity index (χ1) is 8.67. The van der Waals surface area contributed by atoms with Crippen LogP contribution in [-0.2, 0) is 6.42 Å². The molecule has 0 amide bonds.